The molecule has 3 atom stereocenters. The van der Waals surface area contributed by atoms with E-state index in [-0.39, 0.29) is 12.0 Å². The van der Waals surface area contributed by atoms with Gasteiger partial charge in [0.05, 0.1) is 0 Å². The van der Waals surface area contributed by atoms with E-state index < -0.39 is 0 Å². The Labute approximate surface area is 115 Å². The first-order valence-electron chi connectivity index (χ1n) is 5.85. The number of hydrogen-bond acceptors (Lipinski definition) is 5. The maximum Gasteiger partial charge on any atom is 0.227 e. The van der Waals surface area contributed by atoms with E-state index >= 15 is 0 Å². The molecule has 3 unspecified atom stereocenters. The predicted molar refractivity (Wildman–Crippen MR) is 76.4 cm³/mol. The largest absolute Gasteiger partial charge is 0.368 e. The van der Waals surface area contributed by atoms with E-state index in [1.165, 1.54) is 6.33 Å². The quantitative estimate of drug-likeness (QED) is 0.837. The average Bonchev–Trinajstić information content (AvgIpc) is 2.54. The highest BCUT2D eigenvalue weighted by molar-refractivity contribution is 9.09. The first kappa shape index (κ1) is 13.0. The third-order valence-corrected chi connectivity index (χ3v) is 3.56. The number of nitrogen functional groups attached to an aromatic ring is 1. The Bertz CT molecular complexity index is 460. The molecule has 0 saturated heterocycles. The second-order valence-electron chi connectivity index (χ2n) is 4.29. The number of alkyl halides is 1. The van der Waals surface area contributed by atoms with Crippen LogP contribution in [0.5, 0.6) is 0 Å². The standard InChI is InChI=1S/C12H16BrN5/c1-8(9-4-2-3-5-10(13)6-9)17-12-16-7-15-11(14)18-12/h2-5,7-10H,6H2,1H3,(H3,14,15,16,17,18). The highest BCUT2D eigenvalue weighted by atomic mass is 79.9. The van der Waals surface area contributed by atoms with Gasteiger partial charge in [-0.05, 0) is 19.3 Å². The van der Waals surface area contributed by atoms with Crippen molar-refractivity contribution in [3.8, 4) is 0 Å². The van der Waals surface area contributed by atoms with Crippen LogP contribution in [0.15, 0.2) is 30.6 Å². The fraction of sp³-hybridized carbons (Fsp3) is 0.417. The third-order valence-electron chi connectivity index (χ3n) is 2.88. The van der Waals surface area contributed by atoms with E-state index in [0.29, 0.717) is 16.7 Å². The Morgan fingerprint density at radius 1 is 1.39 bits per heavy atom. The molecule has 1 aliphatic rings. The van der Waals surface area contributed by atoms with Crippen molar-refractivity contribution in [1.82, 2.24) is 15.0 Å². The number of nitrogens with two attached hydrogens (primary N) is 1. The number of nitrogens with one attached hydrogen (secondary N) is 1. The van der Waals surface area contributed by atoms with Gasteiger partial charge >= 0.3 is 0 Å². The highest BCUT2D eigenvalue weighted by Crippen LogP contribution is 2.23. The maximum absolute atomic E-state index is 5.53. The molecule has 2 rings (SSSR count). The fourth-order valence-electron chi connectivity index (χ4n) is 1.87. The monoisotopic (exact) mass is 309 g/mol. The summed E-state index contributed by atoms with van der Waals surface area (Å²) in [6.07, 6.45) is 10.9. The molecule has 0 fully saturated rings. The summed E-state index contributed by atoms with van der Waals surface area (Å²) in [6.45, 7) is 2.11. The predicted octanol–water partition coefficient (Wildman–Crippen LogP) is 2.15. The Morgan fingerprint density at radius 2 is 2.17 bits per heavy atom. The number of aromatic nitrogens is 3. The van der Waals surface area contributed by atoms with Gasteiger partial charge in [-0.3, -0.25) is 0 Å². The first-order chi connectivity index (χ1) is 8.65. The SMILES string of the molecule is CC(Nc1ncnc(N)n1)C1C=CC=CC(Br)C1. The minimum Gasteiger partial charge on any atom is -0.368 e. The second kappa shape index (κ2) is 5.95. The van der Waals surface area contributed by atoms with Crippen molar-refractivity contribution >= 4 is 27.8 Å². The molecular formula is C12H16BrN5. The van der Waals surface area contributed by atoms with Crippen molar-refractivity contribution in [3.63, 3.8) is 0 Å². The lowest BCUT2D eigenvalue weighted by Gasteiger charge is -2.22. The lowest BCUT2D eigenvalue weighted by Crippen LogP contribution is -2.27. The van der Waals surface area contributed by atoms with Crippen molar-refractivity contribution in [3.05, 3.63) is 30.6 Å². The summed E-state index contributed by atoms with van der Waals surface area (Å²) in [5.41, 5.74) is 5.53. The van der Waals surface area contributed by atoms with Crippen LogP contribution in [0.3, 0.4) is 0 Å². The number of halogens is 1. The Kier molecular flexibility index (Phi) is 4.30. The van der Waals surface area contributed by atoms with Crippen molar-refractivity contribution in [2.75, 3.05) is 11.1 Å². The van der Waals surface area contributed by atoms with Gasteiger partial charge in [0.15, 0.2) is 0 Å². The van der Waals surface area contributed by atoms with Crippen LogP contribution in [-0.2, 0) is 0 Å². The first-order valence-corrected chi connectivity index (χ1v) is 6.77. The molecule has 96 valence electrons. The molecule has 5 nitrogen and oxygen atoms in total. The topological polar surface area (TPSA) is 76.7 Å². The summed E-state index contributed by atoms with van der Waals surface area (Å²) in [5.74, 6) is 1.16. The van der Waals surface area contributed by atoms with Gasteiger partial charge in [-0.25, -0.2) is 9.97 Å². The van der Waals surface area contributed by atoms with Crippen LogP contribution < -0.4 is 11.1 Å². The van der Waals surface area contributed by atoms with E-state index in [4.69, 9.17) is 5.73 Å². The number of allylic oxidation sites excluding steroid dienone is 3. The summed E-state index contributed by atoms with van der Waals surface area (Å²) < 4.78 is 0. The minimum atomic E-state index is 0.225. The molecular weight excluding hydrogens is 294 g/mol. The highest BCUT2D eigenvalue weighted by Gasteiger charge is 2.19. The summed E-state index contributed by atoms with van der Waals surface area (Å²) in [4.78, 5) is 12.3. The average molecular weight is 310 g/mol. The minimum absolute atomic E-state index is 0.225. The van der Waals surface area contributed by atoms with Crippen molar-refractivity contribution in [2.24, 2.45) is 5.92 Å². The van der Waals surface area contributed by atoms with Crippen molar-refractivity contribution in [2.45, 2.75) is 24.2 Å². The van der Waals surface area contributed by atoms with Gasteiger partial charge in [-0.1, -0.05) is 40.2 Å². The Hall–Kier alpha value is -1.43. The molecule has 0 amide bonds. The zero-order valence-electron chi connectivity index (χ0n) is 10.1. The maximum atomic E-state index is 5.53. The molecule has 0 radical (unpaired) electrons. The molecule has 18 heavy (non-hydrogen) atoms. The third kappa shape index (κ3) is 3.53. The van der Waals surface area contributed by atoms with Gasteiger partial charge in [0.1, 0.15) is 6.33 Å². The van der Waals surface area contributed by atoms with E-state index in [1.54, 1.807) is 0 Å². The number of anilines is 2. The smallest absolute Gasteiger partial charge is 0.227 e. The zero-order chi connectivity index (χ0) is 13.0. The Morgan fingerprint density at radius 3 is 2.94 bits per heavy atom. The van der Waals surface area contributed by atoms with Crippen LogP contribution in [0.25, 0.3) is 0 Å². The van der Waals surface area contributed by atoms with Crippen molar-refractivity contribution in [1.29, 1.82) is 0 Å². The lowest BCUT2D eigenvalue weighted by atomic mass is 9.96. The second-order valence-corrected chi connectivity index (χ2v) is 5.46. The van der Waals surface area contributed by atoms with E-state index in [0.717, 1.165) is 6.42 Å². The fourth-order valence-corrected chi connectivity index (χ4v) is 2.48. The van der Waals surface area contributed by atoms with Crippen LogP contribution in [0.1, 0.15) is 13.3 Å². The molecule has 0 bridgehead atoms. The molecule has 0 spiro atoms. The van der Waals surface area contributed by atoms with Gasteiger partial charge in [-0.2, -0.15) is 4.98 Å². The normalized spacial score (nSPS) is 24.6. The van der Waals surface area contributed by atoms with E-state index in [1.807, 2.05) is 0 Å². The molecule has 0 aliphatic heterocycles. The van der Waals surface area contributed by atoms with Crippen LogP contribution >= 0.6 is 15.9 Å². The van der Waals surface area contributed by atoms with Gasteiger partial charge in [0.25, 0.3) is 0 Å². The zero-order valence-corrected chi connectivity index (χ0v) is 11.7. The lowest BCUT2D eigenvalue weighted by molar-refractivity contribution is 0.534. The van der Waals surface area contributed by atoms with E-state index in [9.17, 15) is 0 Å². The van der Waals surface area contributed by atoms with Gasteiger partial charge < -0.3 is 11.1 Å². The van der Waals surface area contributed by atoms with Gasteiger partial charge in [0.2, 0.25) is 11.9 Å². The molecule has 1 aliphatic carbocycles. The Balaban J connectivity index is 2.01. The van der Waals surface area contributed by atoms with Crippen LogP contribution in [-0.4, -0.2) is 25.8 Å². The number of hydrogen-bond donors (Lipinski definition) is 2. The molecule has 1 heterocycles. The van der Waals surface area contributed by atoms with Gasteiger partial charge in [0, 0.05) is 10.9 Å². The summed E-state index contributed by atoms with van der Waals surface area (Å²) in [6, 6.07) is 0.225. The van der Waals surface area contributed by atoms with Crippen LogP contribution in [0.4, 0.5) is 11.9 Å². The van der Waals surface area contributed by atoms with Crippen molar-refractivity contribution < 1.29 is 0 Å². The van der Waals surface area contributed by atoms with E-state index in [2.05, 4.69) is 67.4 Å². The summed E-state index contributed by atoms with van der Waals surface area (Å²) in [5, 5.41) is 3.26. The molecule has 0 saturated carbocycles. The van der Waals surface area contributed by atoms with Gasteiger partial charge in [-0.15, -0.1) is 0 Å². The van der Waals surface area contributed by atoms with Crippen LogP contribution in [0, 0.1) is 5.92 Å². The molecule has 0 aromatic carbocycles. The summed E-state index contributed by atoms with van der Waals surface area (Å²) in [7, 11) is 0. The van der Waals surface area contributed by atoms with Crippen LogP contribution in [0.2, 0.25) is 0 Å². The molecule has 6 heteroatoms. The molecule has 1 aromatic rings. The molecule has 1 aromatic heterocycles. The number of nitrogens with zero attached hydrogens (tertiary/aromatic N) is 3. The summed E-state index contributed by atoms with van der Waals surface area (Å²) >= 11 is 3.63. The molecule has 3 N–H and O–H groups in total. The number of rotatable bonds is 3.